The number of alkyl halides is 3. The Morgan fingerprint density at radius 3 is 2.00 bits per heavy atom. The standard InChI is InChI=1S/C24H22F3NO4S/c25-24(26,27)21-12-14-22(15-13-21)33(31,32)28(16-4-7-18-5-2-1-3-6-18)17-19-8-10-20(11-9-19)23(29)30/h1-3,5-6,8-15H,4,7,16-17H2,(H,29,30). The lowest BCUT2D eigenvalue weighted by molar-refractivity contribution is -0.137. The molecule has 0 saturated carbocycles. The Kier molecular flexibility index (Phi) is 7.55. The molecule has 0 aliphatic heterocycles. The van der Waals surface area contributed by atoms with Crippen molar-refractivity contribution < 1.29 is 31.5 Å². The fraction of sp³-hybridized carbons (Fsp3) is 0.208. The SMILES string of the molecule is O=C(O)c1ccc(CN(CCCc2ccccc2)S(=O)(=O)c2ccc(C(F)(F)F)cc2)cc1. The Morgan fingerprint density at radius 2 is 1.45 bits per heavy atom. The summed E-state index contributed by atoms with van der Waals surface area (Å²) in [5.41, 5.74) is 0.742. The Labute approximate surface area is 190 Å². The summed E-state index contributed by atoms with van der Waals surface area (Å²) >= 11 is 0. The first-order chi connectivity index (χ1) is 15.6. The molecule has 0 atom stereocenters. The zero-order valence-electron chi connectivity index (χ0n) is 17.5. The van der Waals surface area contributed by atoms with Gasteiger partial charge in [-0.05, 0) is 60.4 Å². The van der Waals surface area contributed by atoms with E-state index < -0.39 is 27.7 Å². The highest BCUT2D eigenvalue weighted by molar-refractivity contribution is 7.89. The summed E-state index contributed by atoms with van der Waals surface area (Å²) in [5, 5.41) is 9.05. The summed E-state index contributed by atoms with van der Waals surface area (Å²) in [4.78, 5) is 10.8. The Morgan fingerprint density at radius 1 is 0.848 bits per heavy atom. The molecule has 0 radical (unpaired) electrons. The van der Waals surface area contributed by atoms with Gasteiger partial charge in [-0.2, -0.15) is 17.5 Å². The van der Waals surface area contributed by atoms with Gasteiger partial charge in [0.05, 0.1) is 16.0 Å². The van der Waals surface area contributed by atoms with Gasteiger partial charge < -0.3 is 5.11 Å². The average molecular weight is 478 g/mol. The van der Waals surface area contributed by atoms with Crippen LogP contribution in [0.2, 0.25) is 0 Å². The molecule has 0 amide bonds. The van der Waals surface area contributed by atoms with E-state index in [1.807, 2.05) is 30.3 Å². The number of carboxylic acid groups (broad SMARTS) is 1. The predicted octanol–water partition coefficient (Wildman–Crippen LogP) is 5.23. The van der Waals surface area contributed by atoms with E-state index in [2.05, 4.69) is 0 Å². The largest absolute Gasteiger partial charge is 0.478 e. The molecule has 1 N–H and O–H groups in total. The second-order valence-electron chi connectivity index (χ2n) is 7.45. The number of hydrogen-bond acceptors (Lipinski definition) is 3. The molecule has 174 valence electrons. The number of carbonyl (C=O) groups is 1. The third-order valence-electron chi connectivity index (χ3n) is 5.10. The fourth-order valence-electron chi connectivity index (χ4n) is 3.31. The number of hydrogen-bond donors (Lipinski definition) is 1. The van der Waals surface area contributed by atoms with E-state index in [1.54, 1.807) is 0 Å². The van der Waals surface area contributed by atoms with E-state index in [-0.39, 0.29) is 23.5 Å². The molecule has 0 aliphatic carbocycles. The molecule has 0 heterocycles. The van der Waals surface area contributed by atoms with Crippen LogP contribution in [0.1, 0.15) is 33.5 Å². The minimum Gasteiger partial charge on any atom is -0.478 e. The zero-order valence-corrected chi connectivity index (χ0v) is 18.3. The maximum Gasteiger partial charge on any atom is 0.416 e. The van der Waals surface area contributed by atoms with Gasteiger partial charge in [0, 0.05) is 13.1 Å². The molecule has 9 heteroatoms. The quantitative estimate of drug-likeness (QED) is 0.458. The van der Waals surface area contributed by atoms with E-state index in [1.165, 1.54) is 28.6 Å². The van der Waals surface area contributed by atoms with E-state index in [9.17, 15) is 26.4 Å². The van der Waals surface area contributed by atoms with E-state index in [0.717, 1.165) is 29.8 Å². The van der Waals surface area contributed by atoms with E-state index >= 15 is 0 Å². The number of rotatable bonds is 9. The summed E-state index contributed by atoms with van der Waals surface area (Å²) in [6, 6.07) is 18.7. The molecule has 0 saturated heterocycles. The van der Waals surface area contributed by atoms with Gasteiger partial charge in [-0.15, -0.1) is 0 Å². The summed E-state index contributed by atoms with van der Waals surface area (Å²) in [6.07, 6.45) is -3.45. The molecule has 0 fully saturated rings. The molecule has 3 rings (SSSR count). The first-order valence-corrected chi connectivity index (χ1v) is 11.5. The second kappa shape index (κ2) is 10.2. The van der Waals surface area contributed by atoms with Gasteiger partial charge >= 0.3 is 12.1 Å². The van der Waals surface area contributed by atoms with Crippen LogP contribution in [0.25, 0.3) is 0 Å². The molecule has 5 nitrogen and oxygen atoms in total. The number of sulfonamides is 1. The highest BCUT2D eigenvalue weighted by atomic mass is 32.2. The third-order valence-corrected chi connectivity index (χ3v) is 6.95. The van der Waals surface area contributed by atoms with Gasteiger partial charge in [-0.25, -0.2) is 13.2 Å². The van der Waals surface area contributed by atoms with Crippen molar-refractivity contribution in [2.75, 3.05) is 6.54 Å². The van der Waals surface area contributed by atoms with Crippen LogP contribution in [0.4, 0.5) is 13.2 Å². The first kappa shape index (κ1) is 24.5. The van der Waals surface area contributed by atoms with Gasteiger partial charge in [0.2, 0.25) is 10.0 Å². The van der Waals surface area contributed by atoms with Crippen molar-refractivity contribution in [3.63, 3.8) is 0 Å². The molecule has 0 aromatic heterocycles. The van der Waals surface area contributed by atoms with Crippen molar-refractivity contribution in [2.24, 2.45) is 0 Å². The monoisotopic (exact) mass is 477 g/mol. The lowest BCUT2D eigenvalue weighted by Gasteiger charge is -2.23. The van der Waals surface area contributed by atoms with Crippen LogP contribution in [0.15, 0.2) is 83.8 Å². The average Bonchev–Trinajstić information content (AvgIpc) is 2.79. The molecule has 0 spiro atoms. The van der Waals surface area contributed by atoms with Crippen molar-refractivity contribution in [1.82, 2.24) is 4.31 Å². The summed E-state index contributed by atoms with van der Waals surface area (Å²) in [7, 11) is -4.09. The van der Waals surface area contributed by atoms with Gasteiger partial charge in [-0.3, -0.25) is 0 Å². The number of aromatic carboxylic acids is 1. The summed E-state index contributed by atoms with van der Waals surface area (Å²) in [6.45, 7) is 0.0942. The van der Waals surface area contributed by atoms with Crippen LogP contribution >= 0.6 is 0 Å². The van der Waals surface area contributed by atoms with E-state index in [0.29, 0.717) is 18.4 Å². The zero-order chi connectivity index (χ0) is 24.1. The molecule has 0 unspecified atom stereocenters. The van der Waals surface area contributed by atoms with Crippen molar-refractivity contribution in [2.45, 2.75) is 30.5 Å². The highest BCUT2D eigenvalue weighted by Gasteiger charge is 2.31. The number of halogens is 3. The first-order valence-electron chi connectivity index (χ1n) is 10.1. The molecular formula is C24H22F3NO4S. The van der Waals surface area contributed by atoms with Crippen molar-refractivity contribution in [3.8, 4) is 0 Å². The molecule has 33 heavy (non-hydrogen) atoms. The molecular weight excluding hydrogens is 455 g/mol. The number of nitrogens with zero attached hydrogens (tertiary/aromatic N) is 1. The Balaban J connectivity index is 1.84. The van der Waals surface area contributed by atoms with Crippen molar-refractivity contribution >= 4 is 16.0 Å². The van der Waals surface area contributed by atoms with E-state index in [4.69, 9.17) is 5.11 Å². The van der Waals surface area contributed by atoms with Crippen LogP contribution in [-0.2, 0) is 29.2 Å². The number of aryl methyl sites for hydroxylation is 1. The van der Waals surface area contributed by atoms with Crippen molar-refractivity contribution in [1.29, 1.82) is 0 Å². The molecule has 0 bridgehead atoms. The molecule has 0 aliphatic rings. The smallest absolute Gasteiger partial charge is 0.416 e. The molecule has 3 aromatic rings. The Hall–Kier alpha value is -3.17. The minimum absolute atomic E-state index is 0.0436. The lowest BCUT2D eigenvalue weighted by atomic mass is 10.1. The predicted molar refractivity (Wildman–Crippen MR) is 117 cm³/mol. The van der Waals surface area contributed by atoms with Crippen molar-refractivity contribution in [3.05, 3.63) is 101 Å². The topological polar surface area (TPSA) is 74.7 Å². The van der Waals surface area contributed by atoms with Gasteiger partial charge in [0.15, 0.2) is 0 Å². The van der Waals surface area contributed by atoms with Crippen LogP contribution in [-0.4, -0.2) is 30.3 Å². The maximum atomic E-state index is 13.3. The molecule has 3 aromatic carbocycles. The van der Waals surface area contributed by atoms with Gasteiger partial charge in [0.1, 0.15) is 0 Å². The highest BCUT2D eigenvalue weighted by Crippen LogP contribution is 2.30. The van der Waals surface area contributed by atoms with Crippen LogP contribution < -0.4 is 0 Å². The summed E-state index contributed by atoms with van der Waals surface area (Å²) < 4.78 is 66.4. The normalized spacial score (nSPS) is 12.1. The lowest BCUT2D eigenvalue weighted by Crippen LogP contribution is -2.32. The van der Waals surface area contributed by atoms with Crippen LogP contribution in [0.3, 0.4) is 0 Å². The van der Waals surface area contributed by atoms with Crippen LogP contribution in [0, 0.1) is 0 Å². The summed E-state index contributed by atoms with van der Waals surface area (Å²) in [5.74, 6) is -1.10. The van der Waals surface area contributed by atoms with Gasteiger partial charge in [0.25, 0.3) is 0 Å². The second-order valence-corrected chi connectivity index (χ2v) is 9.39. The number of carboxylic acids is 1. The number of benzene rings is 3. The third kappa shape index (κ3) is 6.43. The van der Waals surface area contributed by atoms with Gasteiger partial charge in [-0.1, -0.05) is 42.5 Å². The fourth-order valence-corrected chi connectivity index (χ4v) is 4.78. The van der Waals surface area contributed by atoms with Crippen LogP contribution in [0.5, 0.6) is 0 Å². The minimum atomic E-state index is -4.57. The maximum absolute atomic E-state index is 13.3. The Bertz CT molecular complexity index is 1180.